The van der Waals surface area contributed by atoms with E-state index < -0.39 is 0 Å². The van der Waals surface area contributed by atoms with Crippen molar-refractivity contribution in [3.63, 3.8) is 0 Å². The summed E-state index contributed by atoms with van der Waals surface area (Å²) in [6.07, 6.45) is 0. The third-order valence-electron chi connectivity index (χ3n) is 7.70. The van der Waals surface area contributed by atoms with Crippen LogP contribution in [0.1, 0.15) is 0 Å². The lowest BCUT2D eigenvalue weighted by atomic mass is 10.1. The van der Waals surface area contributed by atoms with Crippen molar-refractivity contribution in [2.24, 2.45) is 0 Å². The minimum Gasteiger partial charge on any atom is -0.289 e. The Morgan fingerprint density at radius 2 is 0.806 bits per heavy atom. The predicted octanol–water partition coefficient (Wildman–Crippen LogP) is 8.63. The molecular weight excluding hydrogens is 480 g/mol. The zero-order chi connectivity index (χ0) is 23.7. The third kappa shape index (κ3) is 2.22. The molecule has 0 spiro atoms. The van der Waals surface area contributed by atoms with Gasteiger partial charge in [-0.25, -0.2) is 0 Å². The summed E-state index contributed by atoms with van der Waals surface area (Å²) in [5, 5.41) is 11.4. The molecule has 166 valence electrons. The first-order valence-electron chi connectivity index (χ1n) is 11.8. The molecule has 0 aliphatic rings. The molecule has 2 aromatic heterocycles. The van der Waals surface area contributed by atoms with Gasteiger partial charge in [-0.2, -0.15) is 0 Å². The van der Waals surface area contributed by atoms with Crippen molar-refractivity contribution in [3.05, 3.63) is 105 Å². The first-order valence-corrected chi connectivity index (χ1v) is 13.5. The second kappa shape index (κ2) is 6.35. The van der Waals surface area contributed by atoms with Crippen LogP contribution in [0.4, 0.5) is 0 Å². The molecule has 0 saturated heterocycles. The van der Waals surface area contributed by atoms with Gasteiger partial charge in [-0.3, -0.25) is 9.59 Å². The molecule has 0 saturated carbocycles. The van der Waals surface area contributed by atoms with Crippen LogP contribution in [0.2, 0.25) is 0 Å². The fourth-order valence-electron chi connectivity index (χ4n) is 6.02. The fourth-order valence-corrected chi connectivity index (χ4v) is 8.54. The van der Waals surface area contributed by atoms with Gasteiger partial charge in [0.15, 0.2) is 10.9 Å². The lowest BCUT2D eigenvalue weighted by molar-refractivity contribution is 1.81. The van der Waals surface area contributed by atoms with Crippen LogP contribution in [-0.2, 0) is 0 Å². The van der Waals surface area contributed by atoms with E-state index in [1.54, 1.807) is 22.7 Å². The molecule has 0 unspecified atom stereocenters. The van der Waals surface area contributed by atoms with Gasteiger partial charge in [0.2, 0.25) is 0 Å². The van der Waals surface area contributed by atoms with Crippen LogP contribution >= 0.6 is 22.7 Å². The average molecular weight is 495 g/mol. The van der Waals surface area contributed by atoms with E-state index in [0.717, 1.165) is 61.9 Å². The Labute approximate surface area is 210 Å². The van der Waals surface area contributed by atoms with Crippen LogP contribution in [0.25, 0.3) is 83.4 Å². The molecule has 0 aliphatic carbocycles. The van der Waals surface area contributed by atoms with Gasteiger partial charge in [0.25, 0.3) is 0 Å². The Balaban J connectivity index is 1.44. The summed E-state index contributed by atoms with van der Waals surface area (Å²) in [7, 11) is 0. The van der Waals surface area contributed by atoms with Crippen LogP contribution in [0.5, 0.6) is 0 Å². The first kappa shape index (κ1) is 19.1. The van der Waals surface area contributed by atoms with Gasteiger partial charge in [0.05, 0.1) is 0 Å². The Morgan fingerprint density at radius 3 is 1.22 bits per heavy atom. The largest absolute Gasteiger partial charge is 0.289 e. The molecule has 0 aliphatic heterocycles. The van der Waals surface area contributed by atoms with Crippen LogP contribution in [0, 0.1) is 0 Å². The summed E-state index contributed by atoms with van der Waals surface area (Å²) in [4.78, 5) is 27.5. The number of thiophene rings is 2. The number of rotatable bonds is 0. The molecule has 4 heteroatoms. The Hall–Kier alpha value is -4.12. The van der Waals surface area contributed by atoms with Gasteiger partial charge in [-0.05, 0) is 57.9 Å². The molecule has 0 amide bonds. The molecule has 2 nitrogen and oxygen atoms in total. The quantitative estimate of drug-likeness (QED) is 0.211. The maximum atomic E-state index is 13.7. The molecule has 9 rings (SSSR count). The summed E-state index contributed by atoms with van der Waals surface area (Å²) >= 11 is 3.31. The monoisotopic (exact) mass is 494 g/mol. The van der Waals surface area contributed by atoms with Crippen molar-refractivity contribution in [2.75, 3.05) is 0 Å². The summed E-state index contributed by atoms with van der Waals surface area (Å²) in [5.74, 6) is 0. The van der Waals surface area contributed by atoms with Crippen molar-refractivity contribution in [3.8, 4) is 0 Å². The minimum atomic E-state index is 0.0667. The standard InChI is InChI=1S/C32H14O2S2/c33-29-19-13-22-20(30(34)28-24-10-16-6-2-4-8-18(16)12-26(24)36-32(22)28)14-21(19)31-27(29)23-9-15-5-1-3-7-17(15)11-25(23)35-31/h1-14H. The SMILES string of the molecule is O=c1c2cc3c(cc2c2sc4cc5ccccc5cc4c12)c(=O)c1c2cc4ccccc4cc2sc31. The van der Waals surface area contributed by atoms with Crippen LogP contribution in [-0.4, -0.2) is 0 Å². The van der Waals surface area contributed by atoms with E-state index >= 15 is 0 Å². The zero-order valence-electron chi connectivity index (χ0n) is 18.7. The van der Waals surface area contributed by atoms with E-state index in [1.807, 2.05) is 36.4 Å². The number of benzene rings is 5. The van der Waals surface area contributed by atoms with E-state index in [0.29, 0.717) is 10.8 Å². The number of hydrogen-bond acceptors (Lipinski definition) is 4. The maximum absolute atomic E-state index is 13.7. The average Bonchev–Trinajstić information content (AvgIpc) is 3.60. The van der Waals surface area contributed by atoms with Crippen LogP contribution in [0.3, 0.4) is 0 Å². The molecule has 0 N–H and O–H groups in total. The second-order valence-electron chi connectivity index (χ2n) is 9.61. The lowest BCUT2D eigenvalue weighted by Gasteiger charge is -1.98. The van der Waals surface area contributed by atoms with Crippen molar-refractivity contribution in [2.45, 2.75) is 0 Å². The van der Waals surface area contributed by atoms with E-state index in [1.165, 1.54) is 10.8 Å². The topological polar surface area (TPSA) is 34.1 Å². The van der Waals surface area contributed by atoms with E-state index in [4.69, 9.17) is 0 Å². The van der Waals surface area contributed by atoms with E-state index in [9.17, 15) is 9.59 Å². The van der Waals surface area contributed by atoms with Gasteiger partial charge in [-0.15, -0.1) is 22.7 Å². The number of hydrogen-bond donors (Lipinski definition) is 0. The fraction of sp³-hybridized carbons (Fsp3) is 0. The van der Waals surface area contributed by atoms with Crippen LogP contribution in [0.15, 0.2) is 94.5 Å². The van der Waals surface area contributed by atoms with E-state index in [-0.39, 0.29) is 10.9 Å². The molecule has 0 radical (unpaired) electrons. The molecule has 0 bridgehead atoms. The molecule has 0 atom stereocenters. The highest BCUT2D eigenvalue weighted by Crippen LogP contribution is 2.43. The van der Waals surface area contributed by atoms with Gasteiger partial charge in [0, 0.05) is 61.9 Å². The smallest absolute Gasteiger partial charge is 0.195 e. The molecule has 7 aromatic carbocycles. The summed E-state index contributed by atoms with van der Waals surface area (Å²) in [6, 6.07) is 29.1. The Morgan fingerprint density at radius 1 is 0.417 bits per heavy atom. The highest BCUT2D eigenvalue weighted by atomic mass is 32.1. The molecule has 2 heterocycles. The second-order valence-corrected chi connectivity index (χ2v) is 11.7. The molecular formula is C32H14O2S2. The van der Waals surface area contributed by atoms with Crippen LogP contribution < -0.4 is 10.9 Å². The predicted molar refractivity (Wildman–Crippen MR) is 157 cm³/mol. The zero-order valence-corrected chi connectivity index (χ0v) is 20.3. The van der Waals surface area contributed by atoms with Gasteiger partial charge in [0.1, 0.15) is 0 Å². The van der Waals surface area contributed by atoms with Gasteiger partial charge in [-0.1, -0.05) is 48.5 Å². The lowest BCUT2D eigenvalue weighted by Crippen LogP contribution is -1.95. The van der Waals surface area contributed by atoms with Crippen molar-refractivity contribution >= 4 is 106 Å². The molecule has 36 heavy (non-hydrogen) atoms. The van der Waals surface area contributed by atoms with Gasteiger partial charge < -0.3 is 0 Å². The summed E-state index contributed by atoms with van der Waals surface area (Å²) in [5.41, 5.74) is 0.133. The summed E-state index contributed by atoms with van der Waals surface area (Å²) in [6.45, 7) is 0. The maximum Gasteiger partial charge on any atom is 0.195 e. The Kier molecular flexibility index (Phi) is 3.37. The van der Waals surface area contributed by atoms with Crippen molar-refractivity contribution < 1.29 is 0 Å². The minimum absolute atomic E-state index is 0.0667. The summed E-state index contributed by atoms with van der Waals surface area (Å²) < 4.78 is 4.20. The normalized spacial score (nSPS) is 12.7. The van der Waals surface area contributed by atoms with E-state index in [2.05, 4.69) is 48.5 Å². The number of fused-ring (bicyclic) bond motifs is 12. The van der Waals surface area contributed by atoms with Crippen molar-refractivity contribution in [1.82, 2.24) is 0 Å². The Bertz CT molecular complexity index is 2340. The van der Waals surface area contributed by atoms with Crippen molar-refractivity contribution in [1.29, 1.82) is 0 Å². The molecule has 9 aromatic rings. The highest BCUT2D eigenvalue weighted by molar-refractivity contribution is 7.27. The van der Waals surface area contributed by atoms with Gasteiger partial charge >= 0.3 is 0 Å². The molecule has 0 fully saturated rings. The highest BCUT2D eigenvalue weighted by Gasteiger charge is 2.22. The third-order valence-corrected chi connectivity index (χ3v) is 10.1. The first-order chi connectivity index (χ1) is 17.7.